The van der Waals surface area contributed by atoms with Crippen molar-refractivity contribution < 1.29 is 23.5 Å². The molecule has 1 atom stereocenters. The molecule has 2 heterocycles. The van der Waals surface area contributed by atoms with Crippen LogP contribution in [0.4, 0.5) is 19.3 Å². The van der Waals surface area contributed by atoms with E-state index in [-0.39, 0.29) is 11.6 Å². The van der Waals surface area contributed by atoms with E-state index in [4.69, 9.17) is 0 Å². The van der Waals surface area contributed by atoms with Crippen LogP contribution in [0, 0.1) is 0 Å². The molecule has 0 radical (unpaired) electrons. The monoisotopic (exact) mass is 325 g/mol. The Morgan fingerprint density at radius 2 is 2.04 bits per heavy atom. The lowest BCUT2D eigenvalue weighted by Gasteiger charge is -2.22. The van der Waals surface area contributed by atoms with Crippen LogP contribution in [-0.2, 0) is 0 Å². The topological polar surface area (TPSA) is 72.9 Å². The molecule has 2 aliphatic rings. The van der Waals surface area contributed by atoms with Gasteiger partial charge < -0.3 is 15.3 Å². The average Bonchev–Trinajstić information content (AvgIpc) is 3.09. The van der Waals surface area contributed by atoms with E-state index in [1.165, 1.54) is 17.0 Å². The molecular weight excluding hydrogens is 308 g/mol. The third-order valence-electron chi connectivity index (χ3n) is 4.13. The number of benzene rings is 1. The Morgan fingerprint density at radius 3 is 2.61 bits per heavy atom. The van der Waals surface area contributed by atoms with Crippen LogP contribution in [-0.4, -0.2) is 60.2 Å². The van der Waals surface area contributed by atoms with E-state index in [1.54, 1.807) is 12.1 Å². The van der Waals surface area contributed by atoms with Crippen molar-refractivity contribution in [3.8, 4) is 0 Å². The quantitative estimate of drug-likeness (QED) is 0.873. The molecule has 1 aromatic rings. The zero-order chi connectivity index (χ0) is 16.6. The zero-order valence-corrected chi connectivity index (χ0v) is 12.3. The smallest absolute Gasteiger partial charge is 0.321 e. The number of anilines is 1. The van der Waals surface area contributed by atoms with Crippen LogP contribution >= 0.6 is 0 Å². The van der Waals surface area contributed by atoms with E-state index < -0.39 is 37.4 Å². The molecule has 2 saturated heterocycles. The van der Waals surface area contributed by atoms with Gasteiger partial charge in [-0.15, -0.1) is 0 Å². The SMILES string of the molecule is O=C1NCCN1c1ccc(C(=O)N2CC(F)(F)CC2CO)cc1. The Kier molecular flexibility index (Phi) is 3.93. The van der Waals surface area contributed by atoms with Gasteiger partial charge in [-0.2, -0.15) is 0 Å². The second kappa shape index (κ2) is 5.77. The number of carbonyl (C=O) groups excluding carboxylic acids is 2. The summed E-state index contributed by atoms with van der Waals surface area (Å²) >= 11 is 0. The Balaban J connectivity index is 1.76. The van der Waals surface area contributed by atoms with E-state index in [9.17, 15) is 23.5 Å². The number of aliphatic hydroxyl groups is 1. The van der Waals surface area contributed by atoms with E-state index in [0.717, 1.165) is 4.90 Å². The van der Waals surface area contributed by atoms with Gasteiger partial charge in [0.1, 0.15) is 0 Å². The van der Waals surface area contributed by atoms with Crippen molar-refractivity contribution in [2.45, 2.75) is 18.4 Å². The minimum Gasteiger partial charge on any atom is -0.394 e. The molecule has 0 spiro atoms. The van der Waals surface area contributed by atoms with Crippen LogP contribution in [0.3, 0.4) is 0 Å². The molecule has 1 aromatic carbocycles. The second-order valence-electron chi connectivity index (χ2n) is 5.76. The predicted molar refractivity (Wildman–Crippen MR) is 78.7 cm³/mol. The number of urea groups is 1. The van der Waals surface area contributed by atoms with Gasteiger partial charge in [0.25, 0.3) is 11.8 Å². The summed E-state index contributed by atoms with van der Waals surface area (Å²) in [6.07, 6.45) is -0.527. The van der Waals surface area contributed by atoms with Gasteiger partial charge >= 0.3 is 6.03 Å². The van der Waals surface area contributed by atoms with Crippen LogP contribution in [0.5, 0.6) is 0 Å². The van der Waals surface area contributed by atoms with Gasteiger partial charge in [0.2, 0.25) is 0 Å². The van der Waals surface area contributed by atoms with E-state index >= 15 is 0 Å². The predicted octanol–water partition coefficient (Wildman–Crippen LogP) is 1.06. The maximum atomic E-state index is 13.5. The maximum absolute atomic E-state index is 13.5. The molecule has 2 N–H and O–H groups in total. The van der Waals surface area contributed by atoms with Gasteiger partial charge in [-0.05, 0) is 24.3 Å². The number of nitrogens with one attached hydrogen (secondary N) is 1. The molecule has 2 aliphatic heterocycles. The summed E-state index contributed by atoms with van der Waals surface area (Å²) in [5, 5.41) is 11.9. The van der Waals surface area contributed by atoms with Crippen molar-refractivity contribution >= 4 is 17.6 Å². The number of nitrogens with zero attached hydrogens (tertiary/aromatic N) is 2. The van der Waals surface area contributed by atoms with Gasteiger partial charge in [-0.3, -0.25) is 9.69 Å². The lowest BCUT2D eigenvalue weighted by molar-refractivity contribution is 0.0116. The molecule has 2 fully saturated rings. The fourth-order valence-corrected chi connectivity index (χ4v) is 2.97. The summed E-state index contributed by atoms with van der Waals surface area (Å²) in [7, 11) is 0. The van der Waals surface area contributed by atoms with Crippen molar-refractivity contribution in [2.75, 3.05) is 31.1 Å². The molecule has 124 valence electrons. The van der Waals surface area contributed by atoms with Gasteiger partial charge in [-0.25, -0.2) is 13.6 Å². The van der Waals surface area contributed by atoms with Crippen LogP contribution in [0.2, 0.25) is 0 Å². The highest BCUT2D eigenvalue weighted by molar-refractivity contribution is 5.97. The fourth-order valence-electron chi connectivity index (χ4n) is 2.97. The van der Waals surface area contributed by atoms with Crippen molar-refractivity contribution in [1.29, 1.82) is 0 Å². The van der Waals surface area contributed by atoms with Crippen molar-refractivity contribution in [2.24, 2.45) is 0 Å². The fraction of sp³-hybridized carbons (Fsp3) is 0.467. The number of hydrogen-bond acceptors (Lipinski definition) is 3. The van der Waals surface area contributed by atoms with Crippen molar-refractivity contribution in [1.82, 2.24) is 10.2 Å². The van der Waals surface area contributed by atoms with Gasteiger partial charge in [-0.1, -0.05) is 0 Å². The number of rotatable bonds is 3. The number of amides is 3. The highest BCUT2D eigenvalue weighted by Crippen LogP contribution is 2.33. The van der Waals surface area contributed by atoms with Gasteiger partial charge in [0, 0.05) is 30.8 Å². The second-order valence-corrected chi connectivity index (χ2v) is 5.76. The third-order valence-corrected chi connectivity index (χ3v) is 4.13. The molecule has 3 amide bonds. The van der Waals surface area contributed by atoms with Crippen LogP contribution in [0.25, 0.3) is 0 Å². The molecule has 6 nitrogen and oxygen atoms in total. The zero-order valence-electron chi connectivity index (χ0n) is 12.3. The van der Waals surface area contributed by atoms with Crippen molar-refractivity contribution in [3.05, 3.63) is 29.8 Å². The van der Waals surface area contributed by atoms with Crippen molar-refractivity contribution in [3.63, 3.8) is 0 Å². The van der Waals surface area contributed by atoms with Gasteiger partial charge in [0.05, 0.1) is 19.2 Å². The summed E-state index contributed by atoms with van der Waals surface area (Å²) in [5.74, 6) is -3.52. The normalized spacial score (nSPS) is 23.3. The molecule has 0 aliphatic carbocycles. The summed E-state index contributed by atoms with van der Waals surface area (Å²) in [4.78, 5) is 26.5. The van der Waals surface area contributed by atoms with Crippen LogP contribution in [0.15, 0.2) is 24.3 Å². The third kappa shape index (κ3) is 2.98. The van der Waals surface area contributed by atoms with Crippen LogP contribution < -0.4 is 10.2 Å². The van der Waals surface area contributed by atoms with Gasteiger partial charge in [0.15, 0.2) is 0 Å². The average molecular weight is 325 g/mol. The summed E-state index contributed by atoms with van der Waals surface area (Å²) in [6, 6.07) is 5.16. The number of likely N-dealkylation sites (tertiary alicyclic amines) is 1. The molecule has 0 aromatic heterocycles. The molecule has 0 bridgehead atoms. The molecule has 1 unspecified atom stereocenters. The first-order valence-corrected chi connectivity index (χ1v) is 7.36. The Labute approximate surface area is 131 Å². The summed E-state index contributed by atoms with van der Waals surface area (Å²) in [5.41, 5.74) is 0.895. The summed E-state index contributed by atoms with van der Waals surface area (Å²) in [6.45, 7) is -0.0850. The number of carbonyl (C=O) groups is 2. The first-order valence-electron chi connectivity index (χ1n) is 7.36. The minimum atomic E-state index is -2.98. The molecule has 8 heteroatoms. The van der Waals surface area contributed by atoms with Crippen LogP contribution in [0.1, 0.15) is 16.8 Å². The first kappa shape index (κ1) is 15.7. The highest BCUT2D eigenvalue weighted by atomic mass is 19.3. The number of aliphatic hydroxyl groups excluding tert-OH is 1. The molecule has 23 heavy (non-hydrogen) atoms. The van der Waals surface area contributed by atoms with E-state index in [1.807, 2.05) is 0 Å². The van der Waals surface area contributed by atoms with E-state index in [2.05, 4.69) is 5.32 Å². The minimum absolute atomic E-state index is 0.205. The Hall–Kier alpha value is -2.22. The molecular formula is C15H17F2N3O3. The van der Waals surface area contributed by atoms with E-state index in [0.29, 0.717) is 18.8 Å². The number of halogens is 2. The first-order chi connectivity index (χ1) is 10.9. The Morgan fingerprint density at radius 1 is 1.35 bits per heavy atom. The maximum Gasteiger partial charge on any atom is 0.321 e. The Bertz CT molecular complexity index is 621. The summed E-state index contributed by atoms with van der Waals surface area (Å²) < 4.78 is 26.9. The number of hydrogen-bond donors (Lipinski definition) is 2. The largest absolute Gasteiger partial charge is 0.394 e. The lowest BCUT2D eigenvalue weighted by Crippen LogP contribution is -2.38. The standard InChI is InChI=1S/C15H17F2N3O3/c16-15(17)7-12(8-21)20(9-15)13(22)10-1-3-11(4-2-10)19-6-5-18-14(19)23/h1-4,12,21H,5-9H2,(H,18,23). The molecule has 3 rings (SSSR count). The molecule has 0 saturated carbocycles. The lowest BCUT2D eigenvalue weighted by atomic mass is 10.1. The highest BCUT2D eigenvalue weighted by Gasteiger charge is 2.46. The number of alkyl halides is 2.